The maximum Gasteiger partial charge on any atom is 0.336 e. The predicted molar refractivity (Wildman–Crippen MR) is 67.8 cm³/mol. The number of aromatic carboxylic acids is 1. The molecule has 0 fully saturated rings. The van der Waals surface area contributed by atoms with Gasteiger partial charge in [0.15, 0.2) is 0 Å². The van der Waals surface area contributed by atoms with E-state index in [1.54, 1.807) is 18.2 Å². The lowest BCUT2D eigenvalue weighted by atomic mass is 10.2. The molecule has 0 heterocycles. The van der Waals surface area contributed by atoms with E-state index in [2.05, 4.69) is 21.9 Å². The third-order valence-electron chi connectivity index (χ3n) is 2.21. The number of rotatable bonds is 4. The fourth-order valence-corrected chi connectivity index (χ4v) is 1.91. The Labute approximate surface area is 103 Å². The van der Waals surface area contributed by atoms with Crippen molar-refractivity contribution in [1.82, 2.24) is 0 Å². The van der Waals surface area contributed by atoms with Crippen molar-refractivity contribution in [3.8, 4) is 12.3 Å². The fraction of sp³-hybridized carbons (Fsp3) is 0.250. The summed E-state index contributed by atoms with van der Waals surface area (Å²) in [6, 6.07) is 5.10. The molecule has 16 heavy (non-hydrogen) atoms. The Morgan fingerprint density at radius 1 is 1.62 bits per heavy atom. The SMILES string of the molecule is C#CCN(CC)c1ccc(C(=O)O)c(Br)c1. The lowest BCUT2D eigenvalue weighted by Crippen LogP contribution is -2.22. The summed E-state index contributed by atoms with van der Waals surface area (Å²) in [7, 11) is 0. The molecule has 1 aromatic carbocycles. The van der Waals surface area contributed by atoms with E-state index in [9.17, 15) is 4.79 Å². The van der Waals surface area contributed by atoms with Gasteiger partial charge in [0.2, 0.25) is 0 Å². The normalized spacial score (nSPS) is 9.56. The van der Waals surface area contributed by atoms with Crippen molar-refractivity contribution >= 4 is 27.6 Å². The summed E-state index contributed by atoms with van der Waals surface area (Å²) in [5.41, 5.74) is 1.16. The Kier molecular flexibility index (Phi) is 4.39. The summed E-state index contributed by atoms with van der Waals surface area (Å²) in [5, 5.41) is 8.88. The van der Waals surface area contributed by atoms with E-state index in [0.29, 0.717) is 11.0 Å². The molecule has 0 aliphatic rings. The molecule has 0 unspecified atom stereocenters. The van der Waals surface area contributed by atoms with Crippen molar-refractivity contribution < 1.29 is 9.90 Å². The molecule has 0 amide bonds. The van der Waals surface area contributed by atoms with Crippen molar-refractivity contribution in [3.63, 3.8) is 0 Å². The zero-order chi connectivity index (χ0) is 12.1. The van der Waals surface area contributed by atoms with Crippen LogP contribution in [0, 0.1) is 12.3 Å². The molecular formula is C12H12BrNO2. The third kappa shape index (κ3) is 2.77. The highest BCUT2D eigenvalue weighted by molar-refractivity contribution is 9.10. The average molecular weight is 282 g/mol. The van der Waals surface area contributed by atoms with Gasteiger partial charge in [-0.3, -0.25) is 0 Å². The highest BCUT2D eigenvalue weighted by atomic mass is 79.9. The summed E-state index contributed by atoms with van der Waals surface area (Å²) in [6.45, 7) is 3.29. The van der Waals surface area contributed by atoms with Crippen molar-refractivity contribution in [2.45, 2.75) is 6.92 Å². The van der Waals surface area contributed by atoms with E-state index in [4.69, 9.17) is 11.5 Å². The van der Waals surface area contributed by atoms with E-state index in [-0.39, 0.29) is 5.56 Å². The zero-order valence-electron chi connectivity index (χ0n) is 8.90. The van der Waals surface area contributed by atoms with Gasteiger partial charge in [-0.15, -0.1) is 6.42 Å². The number of carboxylic acids is 1. The van der Waals surface area contributed by atoms with Crippen LogP contribution in [0.15, 0.2) is 22.7 Å². The van der Waals surface area contributed by atoms with E-state index in [0.717, 1.165) is 12.2 Å². The van der Waals surface area contributed by atoms with Gasteiger partial charge in [0.25, 0.3) is 0 Å². The second kappa shape index (κ2) is 5.57. The van der Waals surface area contributed by atoms with Crippen LogP contribution in [0.2, 0.25) is 0 Å². The number of carboxylic acid groups (broad SMARTS) is 1. The van der Waals surface area contributed by atoms with E-state index >= 15 is 0 Å². The van der Waals surface area contributed by atoms with Crippen LogP contribution in [-0.2, 0) is 0 Å². The maximum atomic E-state index is 10.8. The lowest BCUT2D eigenvalue weighted by molar-refractivity contribution is 0.0696. The first-order chi connectivity index (χ1) is 7.60. The number of carbonyl (C=O) groups is 1. The molecule has 0 saturated heterocycles. The summed E-state index contributed by atoms with van der Waals surface area (Å²) in [4.78, 5) is 12.8. The lowest BCUT2D eigenvalue weighted by Gasteiger charge is -2.20. The minimum atomic E-state index is -0.946. The first-order valence-corrected chi connectivity index (χ1v) is 5.60. The van der Waals surface area contributed by atoms with Crippen LogP contribution in [-0.4, -0.2) is 24.2 Å². The van der Waals surface area contributed by atoms with Crippen LogP contribution in [0.25, 0.3) is 0 Å². The molecule has 0 radical (unpaired) electrons. The summed E-state index contributed by atoms with van der Waals surface area (Å²) in [6.07, 6.45) is 5.26. The Bertz CT molecular complexity index is 437. The zero-order valence-corrected chi connectivity index (χ0v) is 10.5. The number of hydrogen-bond acceptors (Lipinski definition) is 2. The van der Waals surface area contributed by atoms with E-state index < -0.39 is 5.97 Å². The molecule has 0 spiro atoms. The third-order valence-corrected chi connectivity index (χ3v) is 2.87. The molecule has 0 saturated carbocycles. The minimum Gasteiger partial charge on any atom is -0.478 e. The van der Waals surface area contributed by atoms with Gasteiger partial charge in [0.05, 0.1) is 12.1 Å². The minimum absolute atomic E-state index is 0.250. The second-order valence-corrected chi connectivity index (χ2v) is 4.04. The van der Waals surface area contributed by atoms with Gasteiger partial charge in [-0.2, -0.15) is 0 Å². The molecule has 0 bridgehead atoms. The van der Waals surface area contributed by atoms with Crippen LogP contribution in [0.1, 0.15) is 17.3 Å². The summed E-state index contributed by atoms with van der Waals surface area (Å²) in [5.74, 6) is 1.62. The van der Waals surface area contributed by atoms with Crippen molar-refractivity contribution in [3.05, 3.63) is 28.2 Å². The molecule has 0 aromatic heterocycles. The molecule has 1 N–H and O–H groups in total. The van der Waals surface area contributed by atoms with E-state index in [1.165, 1.54) is 0 Å². The van der Waals surface area contributed by atoms with Gasteiger partial charge in [-0.05, 0) is 41.1 Å². The molecule has 1 aromatic rings. The molecule has 3 nitrogen and oxygen atoms in total. The highest BCUT2D eigenvalue weighted by Gasteiger charge is 2.10. The number of hydrogen-bond donors (Lipinski definition) is 1. The number of anilines is 1. The van der Waals surface area contributed by atoms with Gasteiger partial charge < -0.3 is 10.0 Å². The first-order valence-electron chi connectivity index (χ1n) is 4.81. The smallest absolute Gasteiger partial charge is 0.336 e. The van der Waals surface area contributed by atoms with Crippen LogP contribution >= 0.6 is 15.9 Å². The summed E-state index contributed by atoms with van der Waals surface area (Å²) >= 11 is 3.24. The monoisotopic (exact) mass is 281 g/mol. The van der Waals surface area contributed by atoms with Gasteiger partial charge in [0.1, 0.15) is 0 Å². The van der Waals surface area contributed by atoms with Gasteiger partial charge >= 0.3 is 5.97 Å². The largest absolute Gasteiger partial charge is 0.478 e. The van der Waals surface area contributed by atoms with Gasteiger partial charge in [0, 0.05) is 16.7 Å². The van der Waals surface area contributed by atoms with Gasteiger partial charge in [-0.25, -0.2) is 4.79 Å². The first kappa shape index (κ1) is 12.6. The number of halogens is 1. The quantitative estimate of drug-likeness (QED) is 0.863. The standard InChI is InChI=1S/C12H12BrNO2/c1-3-7-14(4-2)9-5-6-10(12(15)16)11(13)8-9/h1,5-6,8H,4,7H2,2H3,(H,15,16). The van der Waals surface area contributed by atoms with Gasteiger partial charge in [-0.1, -0.05) is 5.92 Å². The number of nitrogens with zero attached hydrogens (tertiary/aromatic N) is 1. The van der Waals surface area contributed by atoms with Crippen molar-refractivity contribution in [2.75, 3.05) is 18.0 Å². The average Bonchev–Trinajstić information content (AvgIpc) is 2.25. The second-order valence-electron chi connectivity index (χ2n) is 3.19. The molecule has 84 valence electrons. The molecule has 4 heteroatoms. The number of terminal acetylenes is 1. The fourth-order valence-electron chi connectivity index (χ4n) is 1.37. The Hall–Kier alpha value is -1.47. The molecule has 0 aliphatic heterocycles. The van der Waals surface area contributed by atoms with E-state index in [1.807, 2.05) is 11.8 Å². The Balaban J connectivity index is 3.05. The molecule has 1 rings (SSSR count). The number of benzene rings is 1. The highest BCUT2D eigenvalue weighted by Crippen LogP contribution is 2.24. The Morgan fingerprint density at radius 2 is 2.31 bits per heavy atom. The van der Waals surface area contributed by atoms with Crippen molar-refractivity contribution in [1.29, 1.82) is 0 Å². The van der Waals surface area contributed by atoms with Crippen LogP contribution in [0.3, 0.4) is 0 Å². The summed E-state index contributed by atoms with van der Waals surface area (Å²) < 4.78 is 0.563. The van der Waals surface area contributed by atoms with Crippen LogP contribution in [0.5, 0.6) is 0 Å². The molecular weight excluding hydrogens is 270 g/mol. The molecule has 0 aliphatic carbocycles. The van der Waals surface area contributed by atoms with Crippen LogP contribution < -0.4 is 4.90 Å². The van der Waals surface area contributed by atoms with Crippen molar-refractivity contribution in [2.24, 2.45) is 0 Å². The Morgan fingerprint density at radius 3 is 2.75 bits per heavy atom. The topological polar surface area (TPSA) is 40.5 Å². The van der Waals surface area contributed by atoms with Crippen LogP contribution in [0.4, 0.5) is 5.69 Å². The molecule has 0 atom stereocenters. The maximum absolute atomic E-state index is 10.8. The predicted octanol–water partition coefficient (Wildman–Crippen LogP) is 2.61.